The van der Waals surface area contributed by atoms with E-state index >= 15 is 0 Å². The van der Waals surface area contributed by atoms with E-state index in [1.165, 1.54) is 7.05 Å². The van der Waals surface area contributed by atoms with Crippen LogP contribution in [0.1, 0.15) is 5.56 Å². The number of benzene rings is 2. The minimum absolute atomic E-state index is 0.242. The lowest BCUT2D eigenvalue weighted by Gasteiger charge is -2.10. The lowest BCUT2D eigenvalue weighted by molar-refractivity contribution is -0.135. The first kappa shape index (κ1) is 16.6. The van der Waals surface area contributed by atoms with Gasteiger partial charge in [-0.25, -0.2) is 0 Å². The van der Waals surface area contributed by atoms with Gasteiger partial charge >= 0.3 is 0 Å². The maximum Gasteiger partial charge on any atom is 0.277 e. The third-order valence-corrected chi connectivity index (χ3v) is 4.00. The summed E-state index contributed by atoms with van der Waals surface area (Å²) in [6.45, 7) is 0. The van der Waals surface area contributed by atoms with Crippen LogP contribution in [-0.4, -0.2) is 38.0 Å². The molecular weight excluding hydrogens is 320 g/mol. The van der Waals surface area contributed by atoms with Crippen molar-refractivity contribution in [2.24, 2.45) is 0 Å². The molecule has 0 spiro atoms. The molecule has 1 N–H and O–H groups in total. The number of hydrogen-bond donors (Lipinski definition) is 1. The third-order valence-electron chi connectivity index (χ3n) is 4.00. The molecule has 6 heteroatoms. The van der Waals surface area contributed by atoms with Crippen molar-refractivity contribution in [2.45, 2.75) is 0 Å². The van der Waals surface area contributed by atoms with Crippen LogP contribution >= 0.6 is 0 Å². The number of imide groups is 1. The fourth-order valence-corrected chi connectivity index (χ4v) is 2.63. The average molecular weight is 338 g/mol. The topological polar surface area (TPSA) is 67.9 Å². The second kappa shape index (κ2) is 6.68. The van der Waals surface area contributed by atoms with E-state index in [4.69, 9.17) is 9.47 Å². The molecule has 25 heavy (non-hydrogen) atoms. The SMILES string of the molecule is COc1ccc(C2=C(Nc3cccc(OC)c3)C(=O)N(C)C2=O)cc1. The fraction of sp³-hybridized carbons (Fsp3) is 0.158. The van der Waals surface area contributed by atoms with Crippen LogP contribution in [0.5, 0.6) is 11.5 Å². The predicted molar refractivity (Wildman–Crippen MR) is 94.3 cm³/mol. The standard InChI is InChI=1S/C19H18N2O4/c1-21-18(22)16(12-7-9-14(24-2)10-8-12)17(19(21)23)20-13-5-4-6-15(11-13)25-3/h4-11,20H,1-3H3. The average Bonchev–Trinajstić information content (AvgIpc) is 2.86. The van der Waals surface area contributed by atoms with Crippen molar-refractivity contribution in [3.05, 3.63) is 59.8 Å². The van der Waals surface area contributed by atoms with Crippen LogP contribution in [0.2, 0.25) is 0 Å². The molecule has 0 aliphatic carbocycles. The molecule has 0 radical (unpaired) electrons. The molecule has 0 unspecified atom stereocenters. The lowest BCUT2D eigenvalue weighted by atomic mass is 10.0. The summed E-state index contributed by atoms with van der Waals surface area (Å²) in [6.07, 6.45) is 0. The van der Waals surface area contributed by atoms with Gasteiger partial charge in [0.1, 0.15) is 17.2 Å². The van der Waals surface area contributed by atoms with E-state index in [0.29, 0.717) is 28.3 Å². The number of nitrogens with zero attached hydrogens (tertiary/aromatic N) is 1. The zero-order valence-corrected chi connectivity index (χ0v) is 14.2. The van der Waals surface area contributed by atoms with Crippen molar-refractivity contribution in [3.63, 3.8) is 0 Å². The van der Waals surface area contributed by atoms with Gasteiger partial charge in [-0.05, 0) is 29.8 Å². The summed E-state index contributed by atoms with van der Waals surface area (Å²) >= 11 is 0. The lowest BCUT2D eigenvalue weighted by Crippen LogP contribution is -2.27. The van der Waals surface area contributed by atoms with Crippen molar-refractivity contribution in [2.75, 3.05) is 26.6 Å². The number of methoxy groups -OCH3 is 2. The Morgan fingerprint density at radius 1 is 0.880 bits per heavy atom. The number of hydrogen-bond acceptors (Lipinski definition) is 5. The number of carbonyl (C=O) groups is 2. The van der Waals surface area contributed by atoms with Crippen molar-refractivity contribution in [3.8, 4) is 11.5 Å². The second-order valence-corrected chi connectivity index (χ2v) is 5.50. The number of carbonyl (C=O) groups excluding carboxylic acids is 2. The summed E-state index contributed by atoms with van der Waals surface area (Å²) in [5, 5.41) is 3.06. The molecule has 0 saturated heterocycles. The van der Waals surface area contributed by atoms with Crippen LogP contribution in [-0.2, 0) is 9.59 Å². The van der Waals surface area contributed by atoms with Gasteiger partial charge in [0.25, 0.3) is 11.8 Å². The maximum absolute atomic E-state index is 12.5. The van der Waals surface area contributed by atoms with Gasteiger partial charge in [0.05, 0.1) is 19.8 Å². The first-order valence-corrected chi connectivity index (χ1v) is 7.67. The Kier molecular flexibility index (Phi) is 4.43. The minimum Gasteiger partial charge on any atom is -0.497 e. The minimum atomic E-state index is -0.376. The molecule has 2 aromatic carbocycles. The number of rotatable bonds is 5. The predicted octanol–water partition coefficient (Wildman–Crippen LogP) is 2.53. The molecule has 2 aromatic rings. The Balaban J connectivity index is 2.04. The molecule has 128 valence electrons. The van der Waals surface area contributed by atoms with Crippen LogP contribution in [0.15, 0.2) is 54.2 Å². The Morgan fingerprint density at radius 3 is 2.20 bits per heavy atom. The largest absolute Gasteiger partial charge is 0.497 e. The molecule has 0 aromatic heterocycles. The summed E-state index contributed by atoms with van der Waals surface area (Å²) in [5.41, 5.74) is 1.88. The van der Waals surface area contributed by atoms with Crippen LogP contribution in [0.4, 0.5) is 5.69 Å². The third kappa shape index (κ3) is 3.06. The fourth-order valence-electron chi connectivity index (χ4n) is 2.63. The van der Waals surface area contributed by atoms with E-state index in [2.05, 4.69) is 5.32 Å². The highest BCUT2D eigenvalue weighted by Crippen LogP contribution is 2.31. The Morgan fingerprint density at radius 2 is 1.56 bits per heavy atom. The monoisotopic (exact) mass is 338 g/mol. The highest BCUT2D eigenvalue weighted by atomic mass is 16.5. The van der Waals surface area contributed by atoms with E-state index < -0.39 is 0 Å². The Hall–Kier alpha value is -3.28. The Labute approximate surface area is 145 Å². The molecule has 0 saturated carbocycles. The van der Waals surface area contributed by atoms with Crippen molar-refractivity contribution in [1.82, 2.24) is 4.90 Å². The number of nitrogens with one attached hydrogen (secondary N) is 1. The highest BCUT2D eigenvalue weighted by Gasteiger charge is 2.36. The van der Waals surface area contributed by atoms with Gasteiger partial charge < -0.3 is 14.8 Å². The van der Waals surface area contributed by atoms with Crippen LogP contribution in [0, 0.1) is 0 Å². The van der Waals surface area contributed by atoms with Gasteiger partial charge in [-0.2, -0.15) is 0 Å². The normalized spacial score (nSPS) is 14.1. The van der Waals surface area contributed by atoms with E-state index in [0.717, 1.165) is 4.90 Å². The van der Waals surface area contributed by atoms with Crippen molar-refractivity contribution < 1.29 is 19.1 Å². The number of likely N-dealkylation sites (N-methyl/N-ethyl adjacent to an activating group) is 1. The molecule has 1 heterocycles. The summed E-state index contributed by atoms with van der Waals surface area (Å²) in [7, 11) is 4.61. The summed E-state index contributed by atoms with van der Waals surface area (Å²) in [6, 6.07) is 14.2. The molecular formula is C19H18N2O4. The smallest absolute Gasteiger partial charge is 0.277 e. The highest BCUT2D eigenvalue weighted by molar-refractivity contribution is 6.36. The molecule has 0 bridgehead atoms. The maximum atomic E-state index is 12.5. The van der Waals surface area contributed by atoms with Gasteiger partial charge in [-0.1, -0.05) is 18.2 Å². The Bertz CT molecular complexity index is 856. The van der Waals surface area contributed by atoms with E-state index in [9.17, 15) is 9.59 Å². The first-order valence-electron chi connectivity index (χ1n) is 7.67. The van der Waals surface area contributed by atoms with Crippen LogP contribution in [0.25, 0.3) is 5.57 Å². The van der Waals surface area contributed by atoms with Crippen LogP contribution < -0.4 is 14.8 Å². The van der Waals surface area contributed by atoms with E-state index in [-0.39, 0.29) is 17.5 Å². The van der Waals surface area contributed by atoms with E-state index in [1.54, 1.807) is 62.8 Å². The number of ether oxygens (including phenoxy) is 2. The number of amides is 2. The molecule has 1 aliphatic rings. The van der Waals surface area contributed by atoms with Gasteiger partial charge in [0.2, 0.25) is 0 Å². The van der Waals surface area contributed by atoms with Gasteiger partial charge in [0.15, 0.2) is 0 Å². The zero-order chi connectivity index (χ0) is 18.0. The summed E-state index contributed by atoms with van der Waals surface area (Å²) in [5.74, 6) is 0.609. The molecule has 2 amide bonds. The molecule has 6 nitrogen and oxygen atoms in total. The zero-order valence-electron chi connectivity index (χ0n) is 14.2. The quantitative estimate of drug-likeness (QED) is 0.849. The molecule has 1 aliphatic heterocycles. The molecule has 3 rings (SSSR count). The van der Waals surface area contributed by atoms with Gasteiger partial charge in [-0.3, -0.25) is 14.5 Å². The van der Waals surface area contributed by atoms with Gasteiger partial charge in [-0.15, -0.1) is 0 Å². The molecule has 0 atom stereocenters. The first-order chi connectivity index (χ1) is 12.0. The van der Waals surface area contributed by atoms with Gasteiger partial charge in [0, 0.05) is 18.8 Å². The second-order valence-electron chi connectivity index (χ2n) is 5.50. The van der Waals surface area contributed by atoms with Crippen molar-refractivity contribution in [1.29, 1.82) is 0 Å². The molecule has 0 fully saturated rings. The summed E-state index contributed by atoms with van der Waals surface area (Å²) in [4.78, 5) is 26.2. The van der Waals surface area contributed by atoms with E-state index in [1.807, 2.05) is 0 Å². The number of anilines is 1. The summed E-state index contributed by atoms with van der Waals surface area (Å²) < 4.78 is 10.3. The van der Waals surface area contributed by atoms with Crippen molar-refractivity contribution >= 4 is 23.1 Å². The van der Waals surface area contributed by atoms with Crippen LogP contribution in [0.3, 0.4) is 0 Å².